The molecule has 0 radical (unpaired) electrons. The van der Waals surface area contributed by atoms with E-state index in [0.717, 1.165) is 12.3 Å². The molecule has 0 spiro atoms. The number of anilines is 1. The van der Waals surface area contributed by atoms with Crippen molar-refractivity contribution in [3.8, 4) is 0 Å². The normalized spacial score (nSPS) is 23.7. The van der Waals surface area contributed by atoms with Gasteiger partial charge >= 0.3 is 12.1 Å². The number of halogens is 3. The van der Waals surface area contributed by atoms with Gasteiger partial charge in [0.15, 0.2) is 0 Å². The first-order valence-corrected chi connectivity index (χ1v) is 5.40. The summed E-state index contributed by atoms with van der Waals surface area (Å²) in [5, 5.41) is 8.95. The van der Waals surface area contributed by atoms with Crippen LogP contribution in [0.3, 0.4) is 0 Å². The highest BCUT2D eigenvalue weighted by Crippen LogP contribution is 2.29. The summed E-state index contributed by atoms with van der Waals surface area (Å²) >= 11 is 0. The van der Waals surface area contributed by atoms with Crippen LogP contribution in [-0.2, 0) is 11.0 Å². The molecule has 1 aliphatic heterocycles. The predicted molar refractivity (Wildman–Crippen MR) is 58.4 cm³/mol. The van der Waals surface area contributed by atoms with Crippen molar-refractivity contribution in [1.29, 1.82) is 0 Å². The van der Waals surface area contributed by atoms with E-state index in [1.807, 2.05) is 0 Å². The van der Waals surface area contributed by atoms with Crippen molar-refractivity contribution in [3.05, 3.63) is 18.0 Å². The number of hydrogen-bond donors (Lipinski definition) is 2. The Morgan fingerprint density at radius 1 is 1.53 bits per heavy atom. The van der Waals surface area contributed by atoms with Gasteiger partial charge in [0.05, 0.1) is 0 Å². The van der Waals surface area contributed by atoms with Gasteiger partial charge in [-0.3, -0.25) is 4.79 Å². The maximum absolute atomic E-state index is 12.5. The van der Waals surface area contributed by atoms with E-state index >= 15 is 0 Å². The number of nitrogens with zero attached hydrogens (tertiary/aromatic N) is 3. The Morgan fingerprint density at radius 3 is 2.74 bits per heavy atom. The van der Waals surface area contributed by atoms with Crippen molar-refractivity contribution in [2.45, 2.75) is 18.1 Å². The molecule has 1 aromatic heterocycles. The zero-order valence-corrected chi connectivity index (χ0v) is 9.68. The highest BCUT2D eigenvalue weighted by molar-refractivity contribution is 5.80. The third-order valence-corrected chi connectivity index (χ3v) is 2.94. The number of carboxylic acid groups (broad SMARTS) is 1. The number of hydrogen-bond acceptors (Lipinski definition) is 5. The molecule has 3 N–H and O–H groups in total. The van der Waals surface area contributed by atoms with E-state index in [0.29, 0.717) is 0 Å². The fourth-order valence-corrected chi connectivity index (χ4v) is 1.84. The highest BCUT2D eigenvalue weighted by atomic mass is 19.4. The van der Waals surface area contributed by atoms with Crippen LogP contribution >= 0.6 is 0 Å². The fraction of sp³-hybridized carbons (Fsp3) is 0.500. The smallest absolute Gasteiger partial charge is 0.433 e. The standard InChI is InChI=1S/C10H11F3N4O2/c11-10(12,13)6-1-3-15-8(16-6)17-4-2-9(14,5-17)7(18)19/h1,3H,2,4-5,14H2,(H,18,19). The van der Waals surface area contributed by atoms with Crippen LogP contribution in [0.25, 0.3) is 0 Å². The third-order valence-electron chi connectivity index (χ3n) is 2.94. The second-order valence-corrected chi connectivity index (χ2v) is 4.37. The molecule has 1 saturated heterocycles. The molecule has 2 rings (SSSR count). The molecular weight excluding hydrogens is 265 g/mol. The molecule has 2 heterocycles. The summed E-state index contributed by atoms with van der Waals surface area (Å²) in [6.07, 6.45) is -3.45. The third kappa shape index (κ3) is 2.60. The van der Waals surface area contributed by atoms with E-state index in [2.05, 4.69) is 9.97 Å². The first-order chi connectivity index (χ1) is 8.72. The minimum absolute atomic E-state index is 0.121. The van der Waals surface area contributed by atoms with Gasteiger partial charge in [-0.1, -0.05) is 0 Å². The van der Waals surface area contributed by atoms with Gasteiger partial charge in [-0.05, 0) is 12.5 Å². The summed E-state index contributed by atoms with van der Waals surface area (Å²) in [6, 6.07) is 0.756. The van der Waals surface area contributed by atoms with Crippen molar-refractivity contribution < 1.29 is 23.1 Å². The summed E-state index contributed by atoms with van der Waals surface area (Å²) in [5.41, 5.74) is 3.09. The molecule has 19 heavy (non-hydrogen) atoms. The van der Waals surface area contributed by atoms with Gasteiger partial charge in [-0.15, -0.1) is 0 Å². The minimum Gasteiger partial charge on any atom is -0.480 e. The van der Waals surface area contributed by atoms with Crippen LogP contribution in [0.4, 0.5) is 19.1 Å². The number of aromatic nitrogens is 2. The zero-order chi connectivity index (χ0) is 14.3. The van der Waals surface area contributed by atoms with Gasteiger partial charge in [0.25, 0.3) is 0 Å². The lowest BCUT2D eigenvalue weighted by Crippen LogP contribution is -2.50. The summed E-state index contributed by atoms with van der Waals surface area (Å²) < 4.78 is 37.5. The van der Waals surface area contributed by atoms with Crippen LogP contribution < -0.4 is 10.6 Å². The van der Waals surface area contributed by atoms with Crippen LogP contribution in [0.5, 0.6) is 0 Å². The van der Waals surface area contributed by atoms with Crippen molar-refractivity contribution in [3.63, 3.8) is 0 Å². The van der Waals surface area contributed by atoms with E-state index in [4.69, 9.17) is 10.8 Å². The van der Waals surface area contributed by atoms with E-state index in [-0.39, 0.29) is 25.5 Å². The lowest BCUT2D eigenvalue weighted by atomic mass is 10.0. The van der Waals surface area contributed by atoms with Gasteiger partial charge in [0, 0.05) is 19.3 Å². The Bertz CT molecular complexity index is 508. The lowest BCUT2D eigenvalue weighted by molar-refractivity contribution is -0.143. The van der Waals surface area contributed by atoms with E-state index in [1.54, 1.807) is 0 Å². The lowest BCUT2D eigenvalue weighted by Gasteiger charge is -2.20. The van der Waals surface area contributed by atoms with Crippen LogP contribution in [0.2, 0.25) is 0 Å². The highest BCUT2D eigenvalue weighted by Gasteiger charge is 2.42. The zero-order valence-electron chi connectivity index (χ0n) is 9.68. The minimum atomic E-state index is -4.57. The number of alkyl halides is 3. The number of rotatable bonds is 2. The molecule has 0 saturated carbocycles. The molecule has 104 valence electrons. The van der Waals surface area contributed by atoms with Crippen molar-refractivity contribution >= 4 is 11.9 Å². The maximum atomic E-state index is 12.5. The van der Waals surface area contributed by atoms with E-state index in [1.165, 1.54) is 4.90 Å². The summed E-state index contributed by atoms with van der Waals surface area (Å²) in [5.74, 6) is -1.36. The van der Waals surface area contributed by atoms with Crippen LogP contribution in [0.15, 0.2) is 12.3 Å². The Balaban J connectivity index is 2.23. The molecule has 0 aliphatic carbocycles. The number of aliphatic carboxylic acids is 1. The summed E-state index contributed by atoms with van der Waals surface area (Å²) in [4.78, 5) is 19.4. The van der Waals surface area contributed by atoms with Gasteiger partial charge in [0.1, 0.15) is 11.2 Å². The Hall–Kier alpha value is -1.90. The number of nitrogens with two attached hydrogens (primary N) is 1. The second-order valence-electron chi connectivity index (χ2n) is 4.37. The van der Waals surface area contributed by atoms with Crippen molar-refractivity contribution in [2.24, 2.45) is 5.73 Å². The van der Waals surface area contributed by atoms with Gasteiger partial charge in [-0.25, -0.2) is 9.97 Å². The molecule has 1 aliphatic rings. The SMILES string of the molecule is NC1(C(=O)O)CCN(c2nccc(C(F)(F)F)n2)C1. The molecule has 9 heteroatoms. The molecule has 1 aromatic rings. The average Bonchev–Trinajstić information content (AvgIpc) is 2.73. The molecule has 1 unspecified atom stereocenters. The van der Waals surface area contributed by atoms with E-state index < -0.39 is 23.4 Å². The predicted octanol–water partition coefficient (Wildman–Crippen LogP) is 0.488. The van der Waals surface area contributed by atoms with Crippen LogP contribution in [0.1, 0.15) is 12.1 Å². The Kier molecular flexibility index (Phi) is 3.09. The molecule has 1 atom stereocenters. The average molecular weight is 276 g/mol. The molecule has 0 amide bonds. The van der Waals surface area contributed by atoms with Crippen molar-refractivity contribution in [2.75, 3.05) is 18.0 Å². The first kappa shape index (κ1) is 13.5. The maximum Gasteiger partial charge on any atom is 0.433 e. The van der Waals surface area contributed by atoms with Gasteiger partial charge in [-0.2, -0.15) is 13.2 Å². The number of carboxylic acids is 1. The monoisotopic (exact) mass is 276 g/mol. The van der Waals surface area contributed by atoms with E-state index in [9.17, 15) is 18.0 Å². The van der Waals surface area contributed by atoms with Gasteiger partial charge in [0.2, 0.25) is 5.95 Å². The molecule has 1 fully saturated rings. The topological polar surface area (TPSA) is 92.3 Å². The second kappa shape index (κ2) is 4.34. The van der Waals surface area contributed by atoms with Gasteiger partial charge < -0.3 is 15.7 Å². The largest absolute Gasteiger partial charge is 0.480 e. The quantitative estimate of drug-likeness (QED) is 0.816. The first-order valence-electron chi connectivity index (χ1n) is 5.40. The molecular formula is C10H11F3N4O2. The fourth-order valence-electron chi connectivity index (χ4n) is 1.84. The summed E-state index contributed by atoms with van der Waals surface area (Å²) in [6.45, 7) is 0.0771. The van der Waals surface area contributed by atoms with Crippen LogP contribution in [-0.4, -0.2) is 39.7 Å². The molecule has 0 bridgehead atoms. The van der Waals surface area contributed by atoms with Crippen LogP contribution in [0, 0.1) is 0 Å². The number of carbonyl (C=O) groups is 1. The molecule has 0 aromatic carbocycles. The Labute approximate surface area is 106 Å². The summed E-state index contributed by atoms with van der Waals surface area (Å²) in [7, 11) is 0. The molecule has 6 nitrogen and oxygen atoms in total. The van der Waals surface area contributed by atoms with Crippen molar-refractivity contribution in [1.82, 2.24) is 9.97 Å². The Morgan fingerprint density at radius 2 is 2.21 bits per heavy atom.